The summed E-state index contributed by atoms with van der Waals surface area (Å²) < 4.78 is 6.33. The predicted molar refractivity (Wildman–Crippen MR) is 154 cm³/mol. The van der Waals surface area contributed by atoms with Gasteiger partial charge in [-0.1, -0.05) is 65.6 Å². The van der Waals surface area contributed by atoms with Gasteiger partial charge in [-0.15, -0.1) is 10.2 Å². The van der Waals surface area contributed by atoms with Crippen molar-refractivity contribution in [2.24, 2.45) is 0 Å². The third-order valence-electron chi connectivity index (χ3n) is 6.82. The van der Waals surface area contributed by atoms with Crippen LogP contribution in [-0.4, -0.2) is 38.0 Å². The number of carbonyl (C=O) groups is 2. The molecular formula is C29H22N4O6S2. The number of anilines is 1. The van der Waals surface area contributed by atoms with Gasteiger partial charge < -0.3 is 9.84 Å². The smallest absolute Gasteiger partial charge is 0.301 e. The van der Waals surface area contributed by atoms with Crippen molar-refractivity contribution in [1.29, 1.82) is 0 Å². The molecule has 1 N–H and O–H groups in total. The van der Waals surface area contributed by atoms with Crippen molar-refractivity contribution in [3.05, 3.63) is 111 Å². The molecule has 10 nitrogen and oxygen atoms in total. The predicted octanol–water partition coefficient (Wildman–Crippen LogP) is 5.69. The average Bonchev–Trinajstić information content (AvgIpc) is 3.67. The molecule has 1 saturated heterocycles. The number of nitro benzene ring substituents is 1. The Labute approximate surface area is 242 Å². The molecule has 0 bridgehead atoms. The van der Waals surface area contributed by atoms with Gasteiger partial charge in [0, 0.05) is 29.9 Å². The number of non-ortho nitro benzene ring substituents is 1. The largest absolute Gasteiger partial charge is 0.507 e. The van der Waals surface area contributed by atoms with Crippen molar-refractivity contribution >= 4 is 51.4 Å². The van der Waals surface area contributed by atoms with E-state index < -0.39 is 22.7 Å². The van der Waals surface area contributed by atoms with Crippen molar-refractivity contribution in [2.45, 2.75) is 35.6 Å². The van der Waals surface area contributed by atoms with Crippen molar-refractivity contribution in [1.82, 2.24) is 10.2 Å². The normalized spacial score (nSPS) is 19.3. The SMILES string of the molecule is CC1Cc2cc(/C(O)=C3\C(=O)C(=O)N(c4nnc(SCc5ccccc5)s4)C3c3cccc([N+](=O)[O-])c3)ccc2O1. The highest BCUT2D eigenvalue weighted by molar-refractivity contribution is 8.00. The Balaban J connectivity index is 1.42. The van der Waals surface area contributed by atoms with E-state index in [1.54, 1.807) is 24.3 Å². The van der Waals surface area contributed by atoms with Crippen LogP contribution in [0.4, 0.5) is 10.8 Å². The molecule has 0 spiro atoms. The molecule has 41 heavy (non-hydrogen) atoms. The molecule has 0 saturated carbocycles. The minimum atomic E-state index is -1.15. The fourth-order valence-electron chi connectivity index (χ4n) is 4.96. The highest BCUT2D eigenvalue weighted by atomic mass is 32.2. The lowest BCUT2D eigenvalue weighted by Crippen LogP contribution is -2.29. The first-order valence-electron chi connectivity index (χ1n) is 12.7. The van der Waals surface area contributed by atoms with Gasteiger partial charge in [-0.2, -0.15) is 0 Å². The maximum Gasteiger partial charge on any atom is 0.301 e. The summed E-state index contributed by atoms with van der Waals surface area (Å²) in [5, 5.41) is 31.6. The number of nitro groups is 1. The minimum Gasteiger partial charge on any atom is -0.507 e. The van der Waals surface area contributed by atoms with E-state index in [0.717, 1.165) is 27.4 Å². The number of hydrogen-bond acceptors (Lipinski definition) is 10. The van der Waals surface area contributed by atoms with Crippen molar-refractivity contribution < 1.29 is 24.4 Å². The molecule has 3 aromatic carbocycles. The molecule has 2 aliphatic heterocycles. The first-order valence-corrected chi connectivity index (χ1v) is 14.5. The zero-order chi connectivity index (χ0) is 28.7. The molecule has 206 valence electrons. The van der Waals surface area contributed by atoms with Crippen LogP contribution in [0.2, 0.25) is 0 Å². The number of amides is 1. The summed E-state index contributed by atoms with van der Waals surface area (Å²) in [4.78, 5) is 39.2. The molecule has 2 unspecified atom stereocenters. The first kappa shape index (κ1) is 26.7. The van der Waals surface area contributed by atoms with E-state index in [4.69, 9.17) is 4.74 Å². The maximum atomic E-state index is 13.5. The fourth-order valence-corrected chi connectivity index (χ4v) is 6.78. The topological polar surface area (TPSA) is 136 Å². The second kappa shape index (κ2) is 10.8. The summed E-state index contributed by atoms with van der Waals surface area (Å²) in [6, 6.07) is 19.4. The Bertz CT molecular complexity index is 1720. The molecule has 1 amide bonds. The Kier molecular flexibility index (Phi) is 7.01. The van der Waals surface area contributed by atoms with Crippen molar-refractivity contribution in [3.8, 4) is 5.75 Å². The van der Waals surface area contributed by atoms with E-state index in [1.807, 2.05) is 37.3 Å². The fraction of sp³-hybridized carbons (Fsp3) is 0.172. The van der Waals surface area contributed by atoms with Crippen LogP contribution in [0.15, 0.2) is 82.7 Å². The Hall–Kier alpha value is -4.55. The van der Waals surface area contributed by atoms with Gasteiger partial charge in [0.2, 0.25) is 5.13 Å². The quantitative estimate of drug-likeness (QED) is 0.0551. The molecule has 0 radical (unpaired) electrons. The molecule has 4 aromatic rings. The number of aliphatic hydroxyl groups is 1. The van der Waals surface area contributed by atoms with Crippen molar-refractivity contribution in [3.63, 3.8) is 0 Å². The zero-order valence-electron chi connectivity index (χ0n) is 21.6. The molecule has 12 heteroatoms. The van der Waals surface area contributed by atoms with Gasteiger partial charge in [0.1, 0.15) is 17.6 Å². The number of aliphatic hydroxyl groups excluding tert-OH is 1. The van der Waals surface area contributed by atoms with Crippen LogP contribution in [0.5, 0.6) is 5.75 Å². The lowest BCUT2D eigenvalue weighted by molar-refractivity contribution is -0.384. The van der Waals surface area contributed by atoms with Crippen LogP contribution in [0.1, 0.15) is 35.2 Å². The Morgan fingerprint density at radius 2 is 1.93 bits per heavy atom. The zero-order valence-corrected chi connectivity index (χ0v) is 23.2. The number of fused-ring (bicyclic) bond motifs is 1. The van der Waals surface area contributed by atoms with Gasteiger partial charge in [-0.25, -0.2) is 0 Å². The first-order chi connectivity index (χ1) is 19.8. The number of ketones is 1. The van der Waals surface area contributed by atoms with Gasteiger partial charge in [0.15, 0.2) is 4.34 Å². The Morgan fingerprint density at radius 1 is 1.12 bits per heavy atom. The maximum absolute atomic E-state index is 13.5. The van der Waals surface area contributed by atoms with Crippen LogP contribution >= 0.6 is 23.1 Å². The molecule has 0 aliphatic carbocycles. The van der Waals surface area contributed by atoms with E-state index in [0.29, 0.717) is 27.8 Å². The van der Waals surface area contributed by atoms with Crippen molar-refractivity contribution in [2.75, 3.05) is 4.90 Å². The summed E-state index contributed by atoms with van der Waals surface area (Å²) >= 11 is 2.56. The number of nitrogens with zero attached hydrogens (tertiary/aromatic N) is 4. The third kappa shape index (κ3) is 5.07. The molecular weight excluding hydrogens is 564 g/mol. The highest BCUT2D eigenvalue weighted by Gasteiger charge is 2.48. The number of Topliss-reactive ketones (excluding diaryl/α,β-unsaturated/α-hetero) is 1. The van der Waals surface area contributed by atoms with Gasteiger partial charge in [-0.05, 0) is 41.8 Å². The highest BCUT2D eigenvalue weighted by Crippen LogP contribution is 2.45. The van der Waals surface area contributed by atoms with E-state index in [-0.39, 0.29) is 33.8 Å². The average molecular weight is 587 g/mol. The molecule has 6 rings (SSSR count). The van der Waals surface area contributed by atoms with Crippen LogP contribution in [0.3, 0.4) is 0 Å². The number of hydrogen-bond donors (Lipinski definition) is 1. The summed E-state index contributed by atoms with van der Waals surface area (Å²) in [6.45, 7) is 1.93. The monoisotopic (exact) mass is 586 g/mol. The second-order valence-corrected chi connectivity index (χ2v) is 11.8. The number of aromatic nitrogens is 2. The van der Waals surface area contributed by atoms with E-state index in [9.17, 15) is 24.8 Å². The number of benzene rings is 3. The Morgan fingerprint density at radius 3 is 2.71 bits per heavy atom. The standard InChI is InChI=1S/C29H22N4O6S2/c1-16-12-20-13-19(10-11-22(20)39-16)25(34)23-24(18-8-5-9-21(14-18)33(37)38)32(27(36)26(23)35)28-30-31-29(41-28)40-15-17-6-3-2-4-7-17/h2-11,13-14,16,24,34H,12,15H2,1H3/b25-23+. The van der Waals surface area contributed by atoms with E-state index in [1.165, 1.54) is 30.0 Å². The molecule has 2 atom stereocenters. The molecule has 1 aromatic heterocycles. The van der Waals surface area contributed by atoms with Gasteiger partial charge >= 0.3 is 5.91 Å². The summed E-state index contributed by atoms with van der Waals surface area (Å²) in [5.74, 6) is -0.884. The number of thioether (sulfide) groups is 1. The second-order valence-electron chi connectivity index (χ2n) is 9.60. The summed E-state index contributed by atoms with van der Waals surface area (Å²) in [7, 11) is 0. The van der Waals surface area contributed by atoms with Crippen LogP contribution in [0.25, 0.3) is 5.76 Å². The summed E-state index contributed by atoms with van der Waals surface area (Å²) in [6.07, 6.45) is 0.608. The van der Waals surface area contributed by atoms with Gasteiger partial charge in [-0.3, -0.25) is 24.6 Å². The molecule has 2 aliphatic rings. The number of rotatable bonds is 7. The van der Waals surface area contributed by atoms with Gasteiger partial charge in [0.05, 0.1) is 16.5 Å². The third-order valence-corrected chi connectivity index (χ3v) is 8.94. The number of ether oxygens (including phenoxy) is 1. The van der Waals surface area contributed by atoms with Crippen LogP contribution < -0.4 is 9.64 Å². The van der Waals surface area contributed by atoms with E-state index >= 15 is 0 Å². The van der Waals surface area contributed by atoms with Crippen LogP contribution in [0, 0.1) is 10.1 Å². The summed E-state index contributed by atoms with van der Waals surface area (Å²) in [5.41, 5.74) is 2.18. The minimum absolute atomic E-state index is 0.0239. The molecule has 3 heterocycles. The van der Waals surface area contributed by atoms with Crippen LogP contribution in [-0.2, 0) is 21.8 Å². The van der Waals surface area contributed by atoms with Gasteiger partial charge in [0.25, 0.3) is 11.5 Å². The van der Waals surface area contributed by atoms with E-state index in [2.05, 4.69) is 10.2 Å². The lowest BCUT2D eigenvalue weighted by atomic mass is 9.94. The lowest BCUT2D eigenvalue weighted by Gasteiger charge is -2.22. The number of carbonyl (C=O) groups excluding carboxylic acids is 2. The molecule has 1 fully saturated rings.